The number of nitrogens with one attached hydrogen (secondary N) is 1. The Bertz CT molecular complexity index is 1300. The first kappa shape index (κ1) is 19.3. The van der Waals surface area contributed by atoms with E-state index in [1.165, 1.54) is 0 Å². The van der Waals surface area contributed by atoms with Gasteiger partial charge in [0, 0.05) is 48.4 Å². The summed E-state index contributed by atoms with van der Waals surface area (Å²) in [6, 6.07) is 5.25. The standard InChI is InChI=1S/C22H22ClN5O/c1-12-13(10-14(23)20(26-12)22(2,3)4)16-11-17(29)18-15(27-16)6-7-24-19(18)21-25-8-9-28(21)5/h6-11H,1-5H3,(H,27,29). The van der Waals surface area contributed by atoms with Gasteiger partial charge in [0.1, 0.15) is 5.69 Å². The molecule has 0 unspecified atom stereocenters. The lowest BCUT2D eigenvalue weighted by molar-refractivity contribution is 0.567. The summed E-state index contributed by atoms with van der Waals surface area (Å²) in [5.41, 5.74) is 4.08. The molecule has 0 aliphatic carbocycles. The summed E-state index contributed by atoms with van der Waals surface area (Å²) in [7, 11) is 1.87. The number of pyridine rings is 3. The molecule has 4 heterocycles. The van der Waals surface area contributed by atoms with E-state index in [2.05, 4.69) is 35.7 Å². The second-order valence-electron chi connectivity index (χ2n) is 8.19. The zero-order chi connectivity index (χ0) is 20.9. The van der Waals surface area contributed by atoms with Crippen molar-refractivity contribution in [1.82, 2.24) is 24.5 Å². The number of hydrogen-bond donors (Lipinski definition) is 1. The summed E-state index contributed by atoms with van der Waals surface area (Å²) in [4.78, 5) is 29.9. The van der Waals surface area contributed by atoms with Crippen LogP contribution in [0.1, 0.15) is 32.2 Å². The third kappa shape index (κ3) is 3.34. The first-order valence-electron chi connectivity index (χ1n) is 9.34. The molecule has 0 radical (unpaired) electrons. The molecule has 0 aliphatic heterocycles. The first-order valence-corrected chi connectivity index (χ1v) is 9.72. The van der Waals surface area contributed by atoms with Crippen LogP contribution in [0.3, 0.4) is 0 Å². The molecule has 0 bridgehead atoms. The Morgan fingerprint density at radius 3 is 2.55 bits per heavy atom. The largest absolute Gasteiger partial charge is 0.354 e. The summed E-state index contributed by atoms with van der Waals surface area (Å²) in [6.45, 7) is 8.15. The van der Waals surface area contributed by atoms with Crippen LogP contribution in [0.5, 0.6) is 0 Å². The van der Waals surface area contributed by atoms with Gasteiger partial charge in [-0.15, -0.1) is 0 Å². The second kappa shape index (κ2) is 6.81. The van der Waals surface area contributed by atoms with E-state index < -0.39 is 0 Å². The Labute approximate surface area is 173 Å². The predicted octanol–water partition coefficient (Wildman–Crippen LogP) is 4.64. The van der Waals surface area contributed by atoms with E-state index in [-0.39, 0.29) is 10.8 Å². The monoisotopic (exact) mass is 407 g/mol. The van der Waals surface area contributed by atoms with Gasteiger partial charge in [0.25, 0.3) is 0 Å². The first-order chi connectivity index (χ1) is 13.7. The molecular formula is C22H22ClN5O. The highest BCUT2D eigenvalue weighted by molar-refractivity contribution is 6.31. The maximum Gasteiger partial charge on any atom is 0.192 e. The molecule has 0 atom stereocenters. The minimum Gasteiger partial charge on any atom is -0.354 e. The summed E-state index contributed by atoms with van der Waals surface area (Å²) in [5, 5.41) is 1.09. The van der Waals surface area contributed by atoms with Crippen LogP contribution in [0, 0.1) is 6.92 Å². The van der Waals surface area contributed by atoms with Crippen molar-refractivity contribution in [3.05, 3.63) is 63.4 Å². The van der Waals surface area contributed by atoms with Crippen molar-refractivity contribution in [3.63, 3.8) is 0 Å². The molecule has 4 aromatic rings. The van der Waals surface area contributed by atoms with Gasteiger partial charge in [-0.25, -0.2) is 4.98 Å². The van der Waals surface area contributed by atoms with E-state index in [0.29, 0.717) is 33.1 Å². The van der Waals surface area contributed by atoms with Crippen molar-refractivity contribution < 1.29 is 0 Å². The topological polar surface area (TPSA) is 76.5 Å². The summed E-state index contributed by atoms with van der Waals surface area (Å²) < 4.78 is 1.84. The van der Waals surface area contributed by atoms with Crippen molar-refractivity contribution >= 4 is 22.5 Å². The Hall–Kier alpha value is -2.99. The molecule has 148 valence electrons. The normalized spacial score (nSPS) is 11.9. The fraction of sp³-hybridized carbons (Fsp3) is 0.273. The van der Waals surface area contributed by atoms with E-state index in [1.807, 2.05) is 30.8 Å². The predicted molar refractivity (Wildman–Crippen MR) is 116 cm³/mol. The van der Waals surface area contributed by atoms with Crippen LogP contribution < -0.4 is 5.43 Å². The number of halogens is 1. The molecule has 0 spiro atoms. The number of H-pyrrole nitrogens is 1. The van der Waals surface area contributed by atoms with Gasteiger partial charge in [-0.2, -0.15) is 0 Å². The highest BCUT2D eigenvalue weighted by Gasteiger charge is 2.22. The van der Waals surface area contributed by atoms with Crippen molar-refractivity contribution in [2.24, 2.45) is 7.05 Å². The van der Waals surface area contributed by atoms with Crippen LogP contribution in [-0.4, -0.2) is 24.5 Å². The Balaban J connectivity index is 1.93. The van der Waals surface area contributed by atoms with Gasteiger partial charge in [-0.1, -0.05) is 32.4 Å². The molecule has 4 aromatic heterocycles. The molecular weight excluding hydrogens is 386 g/mol. The van der Waals surface area contributed by atoms with Crippen LogP contribution in [0.4, 0.5) is 0 Å². The van der Waals surface area contributed by atoms with Crippen molar-refractivity contribution in [3.8, 4) is 22.8 Å². The van der Waals surface area contributed by atoms with E-state index in [1.54, 1.807) is 24.5 Å². The molecule has 4 rings (SSSR count). The molecule has 0 amide bonds. The fourth-order valence-corrected chi connectivity index (χ4v) is 3.92. The Kier molecular flexibility index (Phi) is 4.54. The Morgan fingerprint density at radius 1 is 1.14 bits per heavy atom. The lowest BCUT2D eigenvalue weighted by atomic mass is 9.90. The number of fused-ring (bicyclic) bond motifs is 1. The van der Waals surface area contributed by atoms with Gasteiger partial charge in [-0.05, 0) is 19.1 Å². The van der Waals surface area contributed by atoms with Gasteiger partial charge >= 0.3 is 0 Å². The maximum atomic E-state index is 13.1. The SMILES string of the molecule is Cc1nc(C(C)(C)C)c(Cl)cc1-c1cc(=O)c2c(-c3nccn3C)nccc2[nH]1. The van der Waals surface area contributed by atoms with Crippen LogP contribution in [0.15, 0.2) is 41.6 Å². The third-order valence-electron chi connectivity index (χ3n) is 4.94. The Morgan fingerprint density at radius 2 is 1.90 bits per heavy atom. The zero-order valence-corrected chi connectivity index (χ0v) is 17.8. The number of aryl methyl sites for hydroxylation is 2. The smallest absolute Gasteiger partial charge is 0.192 e. The molecule has 0 aliphatic rings. The molecule has 0 aromatic carbocycles. The molecule has 0 saturated carbocycles. The lowest BCUT2D eigenvalue weighted by Gasteiger charge is -2.21. The minimum absolute atomic E-state index is 0.129. The molecule has 0 fully saturated rings. The highest BCUT2D eigenvalue weighted by Crippen LogP contribution is 2.33. The highest BCUT2D eigenvalue weighted by atomic mass is 35.5. The number of nitrogens with zero attached hydrogens (tertiary/aromatic N) is 4. The fourth-order valence-electron chi connectivity index (χ4n) is 3.49. The number of aromatic amines is 1. The van der Waals surface area contributed by atoms with Crippen molar-refractivity contribution in [1.29, 1.82) is 0 Å². The second-order valence-corrected chi connectivity index (χ2v) is 8.60. The van der Waals surface area contributed by atoms with Crippen LogP contribution in [-0.2, 0) is 12.5 Å². The van der Waals surface area contributed by atoms with Gasteiger partial charge in [0.05, 0.1) is 27.3 Å². The summed E-state index contributed by atoms with van der Waals surface area (Å²) >= 11 is 6.53. The van der Waals surface area contributed by atoms with E-state index in [4.69, 9.17) is 16.6 Å². The molecule has 29 heavy (non-hydrogen) atoms. The minimum atomic E-state index is -0.167. The molecule has 6 nitrogen and oxygen atoms in total. The van der Waals surface area contributed by atoms with Crippen molar-refractivity contribution in [2.75, 3.05) is 0 Å². The van der Waals surface area contributed by atoms with Gasteiger partial charge in [-0.3, -0.25) is 14.8 Å². The average Bonchev–Trinajstić information content (AvgIpc) is 3.07. The lowest BCUT2D eigenvalue weighted by Crippen LogP contribution is -2.15. The van der Waals surface area contributed by atoms with Crippen LogP contribution >= 0.6 is 11.6 Å². The van der Waals surface area contributed by atoms with E-state index >= 15 is 0 Å². The van der Waals surface area contributed by atoms with Crippen LogP contribution in [0.2, 0.25) is 5.02 Å². The van der Waals surface area contributed by atoms with E-state index in [9.17, 15) is 4.79 Å². The quantitative estimate of drug-likeness (QED) is 0.525. The van der Waals surface area contributed by atoms with Gasteiger partial charge in [0.15, 0.2) is 11.3 Å². The van der Waals surface area contributed by atoms with E-state index in [0.717, 1.165) is 17.0 Å². The van der Waals surface area contributed by atoms with Gasteiger partial charge < -0.3 is 9.55 Å². The molecule has 1 N–H and O–H groups in total. The third-order valence-corrected chi connectivity index (χ3v) is 5.23. The summed E-state index contributed by atoms with van der Waals surface area (Å²) in [6.07, 6.45) is 5.19. The van der Waals surface area contributed by atoms with Crippen molar-refractivity contribution in [2.45, 2.75) is 33.1 Å². The number of rotatable bonds is 2. The van der Waals surface area contributed by atoms with Gasteiger partial charge in [0.2, 0.25) is 0 Å². The maximum absolute atomic E-state index is 13.1. The van der Waals surface area contributed by atoms with Crippen LogP contribution in [0.25, 0.3) is 33.7 Å². The average molecular weight is 408 g/mol. The summed E-state index contributed by atoms with van der Waals surface area (Å²) in [5.74, 6) is 0.643. The molecule has 7 heteroatoms. The number of imidazole rings is 1. The zero-order valence-electron chi connectivity index (χ0n) is 17.0. The molecule has 0 saturated heterocycles. The number of hydrogen-bond acceptors (Lipinski definition) is 4. The number of aromatic nitrogens is 5.